The molecule has 1 aliphatic rings. The number of pyridine rings is 1. The summed E-state index contributed by atoms with van der Waals surface area (Å²) in [6.07, 6.45) is 2.44. The Morgan fingerprint density at radius 2 is 1.97 bits per heavy atom. The number of fused-ring (bicyclic) bond motifs is 1. The SMILES string of the molecule is Cc1noc2nc(-c3ccco3)cc(C(=O)NN3C(=O)NC(C)(CCc4ccccc4)C3=O)c12. The summed E-state index contributed by atoms with van der Waals surface area (Å²) in [6.45, 7) is 3.32. The summed E-state index contributed by atoms with van der Waals surface area (Å²) in [5, 5.41) is 7.69. The lowest BCUT2D eigenvalue weighted by Crippen LogP contribution is -2.49. The van der Waals surface area contributed by atoms with Crippen LogP contribution in [0.5, 0.6) is 0 Å². The molecular formula is C24H21N5O5. The molecule has 1 aromatic carbocycles. The fraction of sp³-hybridized carbons (Fsp3) is 0.208. The molecule has 1 saturated heterocycles. The number of benzene rings is 1. The number of carbonyl (C=O) groups excluding carboxylic acids is 3. The molecule has 0 saturated carbocycles. The molecule has 5 rings (SSSR count). The molecule has 2 N–H and O–H groups in total. The molecule has 1 unspecified atom stereocenters. The second-order valence-electron chi connectivity index (χ2n) is 8.31. The van der Waals surface area contributed by atoms with Crippen molar-refractivity contribution < 1.29 is 23.3 Å². The van der Waals surface area contributed by atoms with E-state index >= 15 is 0 Å². The Kier molecular flexibility index (Phi) is 5.12. The zero-order valence-corrected chi connectivity index (χ0v) is 18.5. The highest BCUT2D eigenvalue weighted by Crippen LogP contribution is 2.28. The van der Waals surface area contributed by atoms with E-state index in [0.29, 0.717) is 35.4 Å². The number of rotatable bonds is 6. The van der Waals surface area contributed by atoms with Crippen LogP contribution in [-0.4, -0.2) is 38.5 Å². The summed E-state index contributed by atoms with van der Waals surface area (Å²) in [6, 6.07) is 13.8. The second-order valence-corrected chi connectivity index (χ2v) is 8.31. The lowest BCUT2D eigenvalue weighted by atomic mass is 9.93. The topological polar surface area (TPSA) is 131 Å². The Hall–Kier alpha value is -4.47. The van der Waals surface area contributed by atoms with Crippen molar-refractivity contribution in [3.8, 4) is 11.5 Å². The van der Waals surface area contributed by atoms with Crippen LogP contribution in [0.2, 0.25) is 0 Å². The predicted octanol–water partition coefficient (Wildman–Crippen LogP) is 3.38. The molecule has 4 heterocycles. The fourth-order valence-electron chi connectivity index (χ4n) is 3.98. The van der Waals surface area contributed by atoms with E-state index in [1.807, 2.05) is 30.3 Å². The van der Waals surface area contributed by atoms with Crippen LogP contribution in [0.1, 0.15) is 35.0 Å². The van der Waals surface area contributed by atoms with Crippen LogP contribution >= 0.6 is 0 Å². The predicted molar refractivity (Wildman–Crippen MR) is 120 cm³/mol. The molecule has 0 radical (unpaired) electrons. The third-order valence-corrected chi connectivity index (χ3v) is 5.87. The lowest BCUT2D eigenvalue weighted by molar-refractivity contribution is -0.132. The highest BCUT2D eigenvalue weighted by molar-refractivity contribution is 6.12. The molecule has 10 nitrogen and oxygen atoms in total. The van der Waals surface area contributed by atoms with Crippen molar-refractivity contribution in [1.82, 2.24) is 25.9 Å². The third-order valence-electron chi connectivity index (χ3n) is 5.87. The number of hydrazine groups is 1. The van der Waals surface area contributed by atoms with Crippen molar-refractivity contribution in [2.24, 2.45) is 0 Å². The second kappa shape index (κ2) is 8.14. The lowest BCUT2D eigenvalue weighted by Gasteiger charge is -2.21. The van der Waals surface area contributed by atoms with E-state index in [0.717, 1.165) is 10.6 Å². The highest BCUT2D eigenvalue weighted by Gasteiger charge is 2.48. The summed E-state index contributed by atoms with van der Waals surface area (Å²) in [5.41, 5.74) is 3.41. The van der Waals surface area contributed by atoms with Crippen LogP contribution in [0, 0.1) is 6.92 Å². The first-order valence-corrected chi connectivity index (χ1v) is 10.7. The number of nitrogens with one attached hydrogen (secondary N) is 2. The molecule has 0 aliphatic carbocycles. The quantitative estimate of drug-likeness (QED) is 0.423. The van der Waals surface area contributed by atoms with Gasteiger partial charge in [-0.05, 0) is 50.5 Å². The van der Waals surface area contributed by atoms with Gasteiger partial charge in [0, 0.05) is 0 Å². The van der Waals surface area contributed by atoms with Crippen LogP contribution in [0.25, 0.3) is 22.6 Å². The molecule has 4 aromatic rings. The molecule has 0 bridgehead atoms. The minimum absolute atomic E-state index is 0.140. The average molecular weight is 459 g/mol. The molecule has 172 valence electrons. The van der Waals surface area contributed by atoms with Crippen molar-refractivity contribution in [2.75, 3.05) is 0 Å². The van der Waals surface area contributed by atoms with E-state index in [2.05, 4.69) is 20.9 Å². The maximum absolute atomic E-state index is 13.3. The van der Waals surface area contributed by atoms with Crippen molar-refractivity contribution >= 4 is 28.9 Å². The molecule has 4 amide bonds. The number of hydrogen-bond donors (Lipinski definition) is 2. The third kappa shape index (κ3) is 3.68. The Morgan fingerprint density at radius 1 is 1.18 bits per heavy atom. The first-order chi connectivity index (χ1) is 16.4. The molecule has 1 aliphatic heterocycles. The zero-order valence-electron chi connectivity index (χ0n) is 18.5. The van der Waals surface area contributed by atoms with Gasteiger partial charge in [0.15, 0.2) is 5.76 Å². The fourth-order valence-corrected chi connectivity index (χ4v) is 3.98. The number of nitrogens with zero attached hydrogens (tertiary/aromatic N) is 3. The molecule has 10 heteroatoms. The Labute approximate surface area is 193 Å². The summed E-state index contributed by atoms with van der Waals surface area (Å²) < 4.78 is 10.6. The Bertz CT molecular complexity index is 1400. The van der Waals surface area contributed by atoms with E-state index in [1.54, 1.807) is 26.0 Å². The van der Waals surface area contributed by atoms with Gasteiger partial charge in [-0.25, -0.2) is 9.78 Å². The van der Waals surface area contributed by atoms with Gasteiger partial charge in [-0.3, -0.25) is 15.0 Å². The monoisotopic (exact) mass is 459 g/mol. The molecule has 0 spiro atoms. The number of furan rings is 1. The largest absolute Gasteiger partial charge is 0.463 e. The van der Waals surface area contributed by atoms with Gasteiger partial charge in [0.25, 0.3) is 17.5 Å². The van der Waals surface area contributed by atoms with Gasteiger partial charge < -0.3 is 14.3 Å². The number of urea groups is 1. The van der Waals surface area contributed by atoms with Gasteiger partial charge in [0.05, 0.1) is 22.9 Å². The number of aryl methyl sites for hydroxylation is 2. The molecule has 3 aromatic heterocycles. The standard InChI is InChI=1S/C24H21N5O5/c1-14-19-16(13-17(18-9-6-12-33-18)25-21(19)34-28-14)20(30)27-29-22(31)24(2,26-23(29)32)11-10-15-7-4-3-5-8-15/h3-9,12-13H,10-11H2,1-2H3,(H,26,32)(H,27,30). The maximum Gasteiger partial charge on any atom is 0.344 e. The normalized spacial score (nSPS) is 17.9. The van der Waals surface area contributed by atoms with Gasteiger partial charge in [0.1, 0.15) is 11.2 Å². The van der Waals surface area contributed by atoms with Crippen LogP contribution < -0.4 is 10.7 Å². The zero-order chi connectivity index (χ0) is 23.9. The molecule has 1 fully saturated rings. The van der Waals surface area contributed by atoms with E-state index < -0.39 is 23.4 Å². The van der Waals surface area contributed by atoms with Crippen LogP contribution in [-0.2, 0) is 11.2 Å². The minimum atomic E-state index is -1.15. The smallest absolute Gasteiger partial charge is 0.344 e. The van der Waals surface area contributed by atoms with Gasteiger partial charge in [0.2, 0.25) is 0 Å². The summed E-state index contributed by atoms with van der Waals surface area (Å²) >= 11 is 0. The van der Waals surface area contributed by atoms with Gasteiger partial charge in [-0.1, -0.05) is 35.5 Å². The highest BCUT2D eigenvalue weighted by atomic mass is 16.5. The van der Waals surface area contributed by atoms with Gasteiger partial charge in [-0.2, -0.15) is 5.01 Å². The Morgan fingerprint density at radius 3 is 2.71 bits per heavy atom. The Balaban J connectivity index is 1.40. The van der Waals surface area contributed by atoms with Crippen LogP contribution in [0.4, 0.5) is 4.79 Å². The minimum Gasteiger partial charge on any atom is -0.463 e. The van der Waals surface area contributed by atoms with Crippen molar-refractivity contribution in [3.63, 3.8) is 0 Å². The van der Waals surface area contributed by atoms with Crippen LogP contribution in [0.3, 0.4) is 0 Å². The van der Waals surface area contributed by atoms with Gasteiger partial charge >= 0.3 is 6.03 Å². The van der Waals surface area contributed by atoms with Crippen molar-refractivity contribution in [2.45, 2.75) is 32.2 Å². The van der Waals surface area contributed by atoms with Crippen molar-refractivity contribution in [1.29, 1.82) is 0 Å². The summed E-state index contributed by atoms with van der Waals surface area (Å²) in [7, 11) is 0. The molecular weight excluding hydrogens is 438 g/mol. The van der Waals surface area contributed by atoms with E-state index in [4.69, 9.17) is 8.94 Å². The van der Waals surface area contributed by atoms with E-state index in [-0.39, 0.29) is 11.3 Å². The van der Waals surface area contributed by atoms with Crippen molar-refractivity contribution in [3.05, 3.63) is 71.6 Å². The number of amides is 4. The number of aromatic nitrogens is 2. The van der Waals surface area contributed by atoms with E-state index in [9.17, 15) is 14.4 Å². The summed E-state index contributed by atoms with van der Waals surface area (Å²) in [4.78, 5) is 43.4. The molecule has 34 heavy (non-hydrogen) atoms. The number of hydrogen-bond acceptors (Lipinski definition) is 7. The maximum atomic E-state index is 13.3. The first-order valence-electron chi connectivity index (χ1n) is 10.7. The van der Waals surface area contributed by atoms with E-state index in [1.165, 1.54) is 12.3 Å². The number of carbonyl (C=O) groups is 3. The average Bonchev–Trinajstić information content (AvgIpc) is 3.55. The first kappa shape index (κ1) is 21.4. The summed E-state index contributed by atoms with van der Waals surface area (Å²) in [5.74, 6) is -0.795. The number of imide groups is 1. The van der Waals surface area contributed by atoms with Gasteiger partial charge in [-0.15, -0.1) is 0 Å². The van der Waals surface area contributed by atoms with Crippen LogP contribution in [0.15, 0.2) is 63.7 Å². The molecule has 1 atom stereocenters.